The summed E-state index contributed by atoms with van der Waals surface area (Å²) in [5.41, 5.74) is 4.65. The molecule has 2 heterocycles. The molecule has 3 nitrogen and oxygen atoms in total. The van der Waals surface area contributed by atoms with Crippen molar-refractivity contribution in [3.63, 3.8) is 0 Å². The van der Waals surface area contributed by atoms with E-state index in [0.717, 1.165) is 34.1 Å². The number of aldehydes is 1. The Hall–Kier alpha value is -2.68. The molecule has 98 valence electrons. The van der Waals surface area contributed by atoms with Crippen LogP contribution in [-0.2, 0) is 0 Å². The van der Waals surface area contributed by atoms with Gasteiger partial charge >= 0.3 is 0 Å². The van der Waals surface area contributed by atoms with Gasteiger partial charge < -0.3 is 4.57 Å². The molecule has 0 spiro atoms. The maximum Gasteiger partial charge on any atom is 0.151 e. The molecule has 3 rings (SSSR count). The van der Waals surface area contributed by atoms with Gasteiger partial charge in [0.1, 0.15) is 5.65 Å². The van der Waals surface area contributed by atoms with Crippen LogP contribution in [0.3, 0.4) is 0 Å². The molecule has 1 aromatic carbocycles. The Morgan fingerprint density at radius 1 is 1.25 bits per heavy atom. The smallest absolute Gasteiger partial charge is 0.151 e. The second-order valence-corrected chi connectivity index (χ2v) is 4.81. The van der Waals surface area contributed by atoms with E-state index in [2.05, 4.69) is 11.6 Å². The lowest BCUT2D eigenvalue weighted by molar-refractivity contribution is 0.112. The van der Waals surface area contributed by atoms with Crippen LogP contribution in [0.25, 0.3) is 22.3 Å². The normalized spacial score (nSPS) is 10.7. The molecule has 0 fully saturated rings. The summed E-state index contributed by atoms with van der Waals surface area (Å²) in [4.78, 5) is 15.1. The topological polar surface area (TPSA) is 34.9 Å². The Bertz CT molecular complexity index is 797. The van der Waals surface area contributed by atoms with Crippen LogP contribution in [-0.4, -0.2) is 15.8 Å². The number of hydrogen-bond acceptors (Lipinski definition) is 2. The molecule has 3 heteroatoms. The first-order valence-electron chi connectivity index (χ1n) is 6.37. The zero-order valence-corrected chi connectivity index (χ0v) is 11.2. The third kappa shape index (κ3) is 2.03. The van der Waals surface area contributed by atoms with Crippen LogP contribution in [0.5, 0.6) is 0 Å². The van der Waals surface area contributed by atoms with Crippen molar-refractivity contribution < 1.29 is 4.79 Å². The molecule has 20 heavy (non-hydrogen) atoms. The van der Waals surface area contributed by atoms with Crippen molar-refractivity contribution in [1.29, 1.82) is 0 Å². The van der Waals surface area contributed by atoms with Crippen molar-refractivity contribution >= 4 is 22.9 Å². The lowest BCUT2D eigenvalue weighted by atomic mass is 10.1. The quantitative estimate of drug-likeness (QED) is 0.671. The Balaban J connectivity index is 2.10. The second kappa shape index (κ2) is 4.78. The van der Waals surface area contributed by atoms with E-state index in [-0.39, 0.29) is 0 Å². The van der Waals surface area contributed by atoms with E-state index in [0.29, 0.717) is 5.56 Å². The molecule has 0 amide bonds. The van der Waals surface area contributed by atoms with E-state index in [1.807, 2.05) is 54.1 Å². The molecule has 0 unspecified atom stereocenters. The van der Waals surface area contributed by atoms with Crippen molar-refractivity contribution in [2.24, 2.45) is 0 Å². The van der Waals surface area contributed by atoms with Gasteiger partial charge in [0, 0.05) is 29.0 Å². The average molecular weight is 262 g/mol. The van der Waals surface area contributed by atoms with E-state index < -0.39 is 0 Å². The number of hydrogen-bond donors (Lipinski definition) is 0. The van der Waals surface area contributed by atoms with Crippen molar-refractivity contribution in [2.45, 2.75) is 6.92 Å². The van der Waals surface area contributed by atoms with E-state index in [9.17, 15) is 4.79 Å². The summed E-state index contributed by atoms with van der Waals surface area (Å²) in [7, 11) is 0. The number of nitrogens with zero attached hydrogens (tertiary/aromatic N) is 2. The minimum atomic E-state index is 0.591. The molecule has 0 aliphatic heterocycles. The van der Waals surface area contributed by atoms with Gasteiger partial charge in [-0.25, -0.2) is 4.98 Å². The molecular weight excluding hydrogens is 248 g/mol. The van der Waals surface area contributed by atoms with Crippen LogP contribution in [0.1, 0.15) is 22.8 Å². The highest BCUT2D eigenvalue weighted by Crippen LogP contribution is 2.21. The number of aromatic nitrogens is 2. The third-order valence-electron chi connectivity index (χ3n) is 3.32. The number of rotatable bonds is 3. The first-order chi connectivity index (χ1) is 9.69. The van der Waals surface area contributed by atoms with Crippen LogP contribution in [0.15, 0.2) is 55.4 Å². The standard InChI is InChI=1S/C17H14N2O/c1-12(2)14-3-5-16(6-4-14)19-8-7-15-9-13(11-20)10-18-17(15)19/h3-11H,1H2,2H3. The van der Waals surface area contributed by atoms with Crippen LogP contribution >= 0.6 is 0 Å². The summed E-state index contributed by atoms with van der Waals surface area (Å²) in [5.74, 6) is 0. The maximum atomic E-state index is 10.8. The number of fused-ring (bicyclic) bond motifs is 1. The van der Waals surface area contributed by atoms with Crippen molar-refractivity contribution in [1.82, 2.24) is 9.55 Å². The molecule has 0 bridgehead atoms. The summed E-state index contributed by atoms with van der Waals surface area (Å²) < 4.78 is 2.01. The minimum Gasteiger partial charge on any atom is -0.301 e. The maximum absolute atomic E-state index is 10.8. The molecule has 0 N–H and O–H groups in total. The van der Waals surface area contributed by atoms with Gasteiger partial charge in [0.2, 0.25) is 0 Å². The second-order valence-electron chi connectivity index (χ2n) is 4.81. The van der Waals surface area contributed by atoms with Gasteiger partial charge in [-0.2, -0.15) is 0 Å². The SMILES string of the molecule is C=C(C)c1ccc(-n2ccc3cc(C=O)cnc32)cc1. The minimum absolute atomic E-state index is 0.591. The molecule has 0 aliphatic rings. The fourth-order valence-corrected chi connectivity index (χ4v) is 2.22. The van der Waals surface area contributed by atoms with Crippen LogP contribution in [0.4, 0.5) is 0 Å². The summed E-state index contributed by atoms with van der Waals surface area (Å²) in [5, 5.41) is 0.957. The first-order valence-corrected chi connectivity index (χ1v) is 6.37. The Morgan fingerprint density at radius 3 is 2.65 bits per heavy atom. The number of carbonyl (C=O) groups is 1. The van der Waals surface area contributed by atoms with Crippen molar-refractivity contribution in [3.05, 3.63) is 66.5 Å². The lowest BCUT2D eigenvalue weighted by Crippen LogP contribution is -1.94. The summed E-state index contributed by atoms with van der Waals surface area (Å²) in [6, 6.07) is 12.0. The van der Waals surface area contributed by atoms with Crippen molar-refractivity contribution in [3.8, 4) is 5.69 Å². The number of allylic oxidation sites excluding steroid dienone is 1. The molecule has 0 radical (unpaired) electrons. The van der Waals surface area contributed by atoms with E-state index in [1.165, 1.54) is 0 Å². The van der Waals surface area contributed by atoms with Crippen LogP contribution in [0.2, 0.25) is 0 Å². The summed E-state index contributed by atoms with van der Waals surface area (Å²) >= 11 is 0. The number of pyridine rings is 1. The molecule has 0 atom stereocenters. The van der Waals surface area contributed by atoms with Gasteiger partial charge in [-0.3, -0.25) is 4.79 Å². The van der Waals surface area contributed by atoms with Gasteiger partial charge in [-0.05, 0) is 36.8 Å². The van der Waals surface area contributed by atoms with Crippen LogP contribution in [0, 0.1) is 0 Å². The largest absolute Gasteiger partial charge is 0.301 e. The number of carbonyl (C=O) groups excluding carboxylic acids is 1. The molecule has 0 saturated heterocycles. The Morgan fingerprint density at radius 2 is 2.00 bits per heavy atom. The van der Waals surface area contributed by atoms with Gasteiger partial charge in [0.05, 0.1) is 0 Å². The Labute approximate surface area is 117 Å². The van der Waals surface area contributed by atoms with Crippen molar-refractivity contribution in [2.75, 3.05) is 0 Å². The van der Waals surface area contributed by atoms with E-state index in [1.54, 1.807) is 6.20 Å². The highest BCUT2D eigenvalue weighted by Gasteiger charge is 2.05. The molecule has 3 aromatic rings. The predicted molar refractivity (Wildman–Crippen MR) is 81.2 cm³/mol. The van der Waals surface area contributed by atoms with Gasteiger partial charge in [-0.15, -0.1) is 0 Å². The third-order valence-corrected chi connectivity index (χ3v) is 3.32. The Kier molecular flexibility index (Phi) is 2.95. The fourth-order valence-electron chi connectivity index (χ4n) is 2.22. The zero-order valence-electron chi connectivity index (χ0n) is 11.2. The average Bonchev–Trinajstić information content (AvgIpc) is 2.90. The van der Waals surface area contributed by atoms with Crippen LogP contribution < -0.4 is 0 Å². The molecule has 0 aliphatic carbocycles. The highest BCUT2D eigenvalue weighted by atomic mass is 16.1. The highest BCUT2D eigenvalue weighted by molar-refractivity contribution is 5.85. The molecular formula is C17H14N2O. The van der Waals surface area contributed by atoms with E-state index in [4.69, 9.17) is 0 Å². The summed E-state index contributed by atoms with van der Waals surface area (Å²) in [6.07, 6.45) is 4.36. The van der Waals surface area contributed by atoms with Gasteiger partial charge in [0.15, 0.2) is 6.29 Å². The zero-order chi connectivity index (χ0) is 14.1. The molecule has 0 saturated carbocycles. The monoisotopic (exact) mass is 262 g/mol. The first kappa shape index (κ1) is 12.4. The lowest BCUT2D eigenvalue weighted by Gasteiger charge is -2.06. The summed E-state index contributed by atoms with van der Waals surface area (Å²) in [6.45, 7) is 5.92. The predicted octanol–water partition coefficient (Wildman–Crippen LogP) is 3.87. The molecule has 2 aromatic heterocycles. The van der Waals surface area contributed by atoms with Gasteiger partial charge in [0.25, 0.3) is 0 Å². The van der Waals surface area contributed by atoms with E-state index >= 15 is 0 Å². The fraction of sp³-hybridized carbons (Fsp3) is 0.0588. The van der Waals surface area contributed by atoms with Gasteiger partial charge in [-0.1, -0.05) is 24.3 Å². The number of benzene rings is 1.